The number of aliphatic imine (C=N–C) groups is 1. The van der Waals surface area contributed by atoms with Crippen molar-refractivity contribution < 1.29 is 0 Å². The van der Waals surface area contributed by atoms with Gasteiger partial charge in [-0.2, -0.15) is 0 Å². The minimum atomic E-state index is 0.601. The van der Waals surface area contributed by atoms with Crippen LogP contribution in [0, 0.1) is 0 Å². The Balaban J connectivity index is 2.78. The zero-order valence-electron chi connectivity index (χ0n) is 7.57. The van der Waals surface area contributed by atoms with E-state index >= 15 is 0 Å². The second kappa shape index (κ2) is 5.21. The van der Waals surface area contributed by atoms with E-state index in [-0.39, 0.29) is 0 Å². The van der Waals surface area contributed by atoms with E-state index in [2.05, 4.69) is 27.3 Å². The highest BCUT2D eigenvalue weighted by molar-refractivity contribution is 5.96. The van der Waals surface area contributed by atoms with Gasteiger partial charge in [0.25, 0.3) is 0 Å². The van der Waals surface area contributed by atoms with E-state index in [9.17, 15) is 0 Å². The van der Waals surface area contributed by atoms with Crippen LogP contribution in [0.3, 0.4) is 0 Å². The molecule has 0 aliphatic carbocycles. The molecule has 5 nitrogen and oxygen atoms in total. The van der Waals surface area contributed by atoms with Gasteiger partial charge in [-0.3, -0.25) is 4.99 Å². The lowest BCUT2D eigenvalue weighted by atomic mass is 10.4. The number of rotatable bonds is 3. The average Bonchev–Trinajstić information content (AvgIpc) is 2.21. The lowest BCUT2D eigenvalue weighted by molar-refractivity contribution is 0.902. The fraction of sp³-hybridized carbons (Fsp3) is 0.375. The molecular weight excluding hydrogens is 166 g/mol. The Morgan fingerprint density at radius 1 is 1.69 bits per heavy atom. The van der Waals surface area contributed by atoms with Crippen LogP contribution in [0.25, 0.3) is 0 Å². The Morgan fingerprint density at radius 3 is 3.08 bits per heavy atom. The normalized spacial score (nSPS) is 11.4. The van der Waals surface area contributed by atoms with E-state index < -0.39 is 0 Å². The Bertz CT molecular complexity index is 269. The van der Waals surface area contributed by atoms with Crippen LogP contribution in [0.5, 0.6) is 0 Å². The van der Waals surface area contributed by atoms with Crippen molar-refractivity contribution in [2.75, 3.05) is 6.54 Å². The number of nitrogens with one attached hydrogen (secondary N) is 1. The summed E-state index contributed by atoms with van der Waals surface area (Å²) < 4.78 is 0. The van der Waals surface area contributed by atoms with Gasteiger partial charge in [-0.1, -0.05) is 6.92 Å². The van der Waals surface area contributed by atoms with E-state index in [0.29, 0.717) is 11.5 Å². The van der Waals surface area contributed by atoms with Crippen molar-refractivity contribution in [3.63, 3.8) is 0 Å². The third kappa shape index (κ3) is 2.79. The van der Waals surface area contributed by atoms with Gasteiger partial charge in [-0.25, -0.2) is 15.8 Å². The third-order valence-corrected chi connectivity index (χ3v) is 1.45. The van der Waals surface area contributed by atoms with E-state index in [0.717, 1.165) is 13.0 Å². The summed E-state index contributed by atoms with van der Waals surface area (Å²) >= 11 is 0. The molecule has 1 heterocycles. The van der Waals surface area contributed by atoms with Crippen molar-refractivity contribution in [3.8, 4) is 0 Å². The first-order valence-electron chi connectivity index (χ1n) is 4.16. The summed E-state index contributed by atoms with van der Waals surface area (Å²) in [6, 6.07) is 1.76. The van der Waals surface area contributed by atoms with Crippen molar-refractivity contribution in [2.45, 2.75) is 13.3 Å². The van der Waals surface area contributed by atoms with Crippen molar-refractivity contribution in [3.05, 3.63) is 24.3 Å². The topological polar surface area (TPSA) is 76.2 Å². The van der Waals surface area contributed by atoms with E-state index in [1.165, 1.54) is 6.33 Å². The maximum Gasteiger partial charge on any atom is 0.161 e. The van der Waals surface area contributed by atoms with Gasteiger partial charge in [0.2, 0.25) is 0 Å². The van der Waals surface area contributed by atoms with Crippen molar-refractivity contribution in [1.82, 2.24) is 15.4 Å². The average molecular weight is 179 g/mol. The summed E-state index contributed by atoms with van der Waals surface area (Å²) in [5.74, 6) is 5.91. The van der Waals surface area contributed by atoms with E-state index in [1.54, 1.807) is 12.3 Å². The molecule has 0 aliphatic rings. The fourth-order valence-corrected chi connectivity index (χ4v) is 0.855. The summed E-state index contributed by atoms with van der Waals surface area (Å²) in [6.45, 7) is 2.79. The van der Waals surface area contributed by atoms with Crippen LogP contribution < -0.4 is 11.3 Å². The maximum atomic E-state index is 5.30. The molecule has 70 valence electrons. The number of nitrogens with two attached hydrogens (primary N) is 1. The molecule has 0 unspecified atom stereocenters. The molecule has 0 saturated heterocycles. The molecule has 13 heavy (non-hydrogen) atoms. The monoisotopic (exact) mass is 179 g/mol. The largest absolute Gasteiger partial charge is 0.307 e. The summed E-state index contributed by atoms with van der Waals surface area (Å²) in [5, 5.41) is 0. The number of hydrogen-bond donors (Lipinski definition) is 2. The van der Waals surface area contributed by atoms with Crippen molar-refractivity contribution in [2.24, 2.45) is 10.8 Å². The molecule has 3 N–H and O–H groups in total. The van der Waals surface area contributed by atoms with Crippen LogP contribution >= 0.6 is 0 Å². The smallest absolute Gasteiger partial charge is 0.161 e. The quantitative estimate of drug-likeness (QED) is 0.298. The SMILES string of the molecule is CCCN=C(NN)c1ccncn1. The molecule has 0 atom stereocenters. The maximum absolute atomic E-state index is 5.30. The van der Waals surface area contributed by atoms with Crippen LogP contribution in [-0.4, -0.2) is 22.3 Å². The number of hydrogen-bond acceptors (Lipinski definition) is 4. The number of hydrazine groups is 1. The van der Waals surface area contributed by atoms with Gasteiger partial charge in [0.15, 0.2) is 5.84 Å². The Hall–Kier alpha value is -1.49. The predicted octanol–water partition coefficient (Wildman–Crippen LogP) is 0.0965. The first-order chi connectivity index (χ1) is 6.38. The Morgan fingerprint density at radius 2 is 2.54 bits per heavy atom. The Kier molecular flexibility index (Phi) is 3.84. The summed E-state index contributed by atoms with van der Waals surface area (Å²) in [7, 11) is 0. The molecule has 1 rings (SSSR count). The second-order valence-electron chi connectivity index (χ2n) is 2.47. The minimum Gasteiger partial charge on any atom is -0.307 e. The van der Waals surface area contributed by atoms with Gasteiger partial charge in [0.1, 0.15) is 12.0 Å². The molecule has 0 spiro atoms. The minimum absolute atomic E-state index is 0.601. The van der Waals surface area contributed by atoms with E-state index in [1.807, 2.05) is 0 Å². The van der Waals surface area contributed by atoms with Gasteiger partial charge in [0, 0.05) is 12.7 Å². The highest BCUT2D eigenvalue weighted by Crippen LogP contribution is 1.92. The van der Waals surface area contributed by atoms with Gasteiger partial charge < -0.3 is 5.43 Å². The molecule has 0 fully saturated rings. The molecule has 0 radical (unpaired) electrons. The standard InChI is InChI=1S/C8H13N5/c1-2-4-11-8(13-9)7-3-5-10-6-12-7/h3,5-6H,2,4,9H2,1H3,(H,11,13). The summed E-state index contributed by atoms with van der Waals surface area (Å²) in [6.07, 6.45) is 4.10. The van der Waals surface area contributed by atoms with Crippen molar-refractivity contribution >= 4 is 5.84 Å². The molecule has 0 aliphatic heterocycles. The van der Waals surface area contributed by atoms with Crippen LogP contribution in [0.4, 0.5) is 0 Å². The van der Waals surface area contributed by atoms with Crippen LogP contribution in [-0.2, 0) is 0 Å². The summed E-state index contributed by atoms with van der Waals surface area (Å²) in [5.41, 5.74) is 3.23. The molecule has 0 aromatic carbocycles. The molecular formula is C8H13N5. The molecule has 1 aromatic rings. The molecule has 0 saturated carbocycles. The summed E-state index contributed by atoms with van der Waals surface area (Å²) in [4.78, 5) is 12.0. The van der Waals surface area contributed by atoms with Gasteiger partial charge >= 0.3 is 0 Å². The van der Waals surface area contributed by atoms with Crippen LogP contribution in [0.2, 0.25) is 0 Å². The van der Waals surface area contributed by atoms with Crippen LogP contribution in [0.1, 0.15) is 19.0 Å². The molecule has 1 aromatic heterocycles. The predicted molar refractivity (Wildman–Crippen MR) is 51.1 cm³/mol. The first-order valence-corrected chi connectivity index (χ1v) is 4.16. The highest BCUT2D eigenvalue weighted by atomic mass is 15.3. The van der Waals surface area contributed by atoms with Gasteiger partial charge in [0.05, 0.1) is 0 Å². The van der Waals surface area contributed by atoms with Crippen molar-refractivity contribution in [1.29, 1.82) is 0 Å². The lowest BCUT2D eigenvalue weighted by Crippen LogP contribution is -2.32. The molecule has 5 heteroatoms. The first kappa shape index (κ1) is 9.60. The Labute approximate surface area is 77.1 Å². The third-order valence-electron chi connectivity index (χ3n) is 1.45. The number of nitrogens with zero attached hydrogens (tertiary/aromatic N) is 3. The van der Waals surface area contributed by atoms with Crippen LogP contribution in [0.15, 0.2) is 23.6 Å². The zero-order chi connectivity index (χ0) is 9.52. The lowest BCUT2D eigenvalue weighted by Gasteiger charge is -2.03. The van der Waals surface area contributed by atoms with Gasteiger partial charge in [-0.05, 0) is 12.5 Å². The molecule has 0 bridgehead atoms. The number of amidine groups is 1. The van der Waals surface area contributed by atoms with Gasteiger partial charge in [-0.15, -0.1) is 0 Å². The fourth-order valence-electron chi connectivity index (χ4n) is 0.855. The highest BCUT2D eigenvalue weighted by Gasteiger charge is 2.00. The van der Waals surface area contributed by atoms with E-state index in [4.69, 9.17) is 5.84 Å². The number of aromatic nitrogens is 2. The second-order valence-corrected chi connectivity index (χ2v) is 2.47. The zero-order valence-corrected chi connectivity index (χ0v) is 7.57. The molecule has 0 amide bonds.